The monoisotopic (exact) mass is 503 g/mol. The molecule has 1 atom stereocenters. The largest absolute Gasteiger partial charge is 0.368 e. The molecule has 0 aromatic heterocycles. The van der Waals surface area contributed by atoms with Crippen LogP contribution >= 0.6 is 11.6 Å². The smallest absolute Gasteiger partial charge is 0.254 e. The van der Waals surface area contributed by atoms with Crippen molar-refractivity contribution in [2.45, 2.75) is 63.1 Å². The van der Waals surface area contributed by atoms with Crippen LogP contribution in [0.15, 0.2) is 47.4 Å². The van der Waals surface area contributed by atoms with Crippen LogP contribution in [-0.2, 0) is 27.8 Å². The Hall–Kier alpha value is -2.42. The van der Waals surface area contributed by atoms with Crippen molar-refractivity contribution in [3.05, 3.63) is 64.2 Å². The van der Waals surface area contributed by atoms with Crippen LogP contribution in [0, 0.1) is 5.92 Å². The first-order valence-corrected chi connectivity index (χ1v) is 13.4. The summed E-state index contributed by atoms with van der Waals surface area (Å²) in [6.45, 7) is 4.58. The number of carbonyl (C=O) groups is 2. The van der Waals surface area contributed by atoms with Gasteiger partial charge in [0.15, 0.2) is 0 Å². The third-order valence-electron chi connectivity index (χ3n) is 6.59. The van der Waals surface area contributed by atoms with Crippen molar-refractivity contribution in [1.29, 1.82) is 0 Å². The molecule has 1 aliphatic carbocycles. The molecule has 4 rings (SSSR count). The topological polar surface area (TPSA) is 101 Å². The number of sulfonamides is 1. The summed E-state index contributed by atoms with van der Waals surface area (Å²) in [6, 6.07) is 10.5. The van der Waals surface area contributed by atoms with Gasteiger partial charge in [-0.25, -0.2) is 8.42 Å². The summed E-state index contributed by atoms with van der Waals surface area (Å²) >= 11 is 5.96. The zero-order valence-electron chi connectivity index (χ0n) is 19.4. The molecule has 1 heterocycles. The molecule has 1 aliphatic heterocycles. The number of fused-ring (bicyclic) bond motifs is 1. The Kier molecular flexibility index (Phi) is 7.03. The fourth-order valence-corrected chi connectivity index (χ4v) is 6.20. The van der Waals surface area contributed by atoms with Gasteiger partial charge in [0.2, 0.25) is 15.9 Å². The second-order valence-electron chi connectivity index (χ2n) is 9.44. The zero-order chi connectivity index (χ0) is 24.6. The molecular formula is C25H30ClN3O4S. The average Bonchev–Trinajstić information content (AvgIpc) is 3.60. The molecule has 2 aliphatic rings. The van der Waals surface area contributed by atoms with Crippen LogP contribution in [0.2, 0.25) is 5.02 Å². The highest BCUT2D eigenvalue weighted by atomic mass is 35.5. The Bertz CT molecular complexity index is 1190. The van der Waals surface area contributed by atoms with Crippen LogP contribution < -0.4 is 5.73 Å². The fourth-order valence-electron chi connectivity index (χ4n) is 4.48. The summed E-state index contributed by atoms with van der Waals surface area (Å²) in [5.41, 5.74) is 7.96. The molecule has 2 N–H and O–H groups in total. The van der Waals surface area contributed by atoms with Crippen LogP contribution in [0.25, 0.3) is 0 Å². The van der Waals surface area contributed by atoms with Crippen molar-refractivity contribution in [3.63, 3.8) is 0 Å². The lowest BCUT2D eigenvalue weighted by atomic mass is 9.95. The van der Waals surface area contributed by atoms with Gasteiger partial charge in [-0.05, 0) is 74.1 Å². The number of rotatable bonds is 9. The number of hydrogen-bond acceptors (Lipinski definition) is 4. The summed E-state index contributed by atoms with van der Waals surface area (Å²) < 4.78 is 28.5. The number of carbonyl (C=O) groups excluding carboxylic acids is 2. The highest BCUT2D eigenvalue weighted by molar-refractivity contribution is 7.89. The molecular weight excluding hydrogens is 474 g/mol. The zero-order valence-corrected chi connectivity index (χ0v) is 21.0. The maximum absolute atomic E-state index is 13.7. The Labute approximate surface area is 205 Å². The minimum atomic E-state index is -4.03. The van der Waals surface area contributed by atoms with Gasteiger partial charge in [0, 0.05) is 29.7 Å². The molecule has 1 saturated carbocycles. The third kappa shape index (κ3) is 5.14. The van der Waals surface area contributed by atoms with Crippen molar-refractivity contribution < 1.29 is 18.0 Å². The molecule has 182 valence electrons. The van der Waals surface area contributed by atoms with E-state index in [-0.39, 0.29) is 23.4 Å². The molecule has 34 heavy (non-hydrogen) atoms. The lowest BCUT2D eigenvalue weighted by molar-refractivity contribution is -0.122. The number of nitrogens with two attached hydrogens (primary N) is 1. The number of primary amides is 1. The molecule has 0 unspecified atom stereocenters. The molecule has 1 fully saturated rings. The Morgan fingerprint density at radius 3 is 2.44 bits per heavy atom. The SMILES string of the molecule is CC(C)N1CCc2cc(CN([C@H](CC3CC3)C(N)=O)S(=O)(=O)c3ccc(Cl)cc3)ccc2C1=O. The van der Waals surface area contributed by atoms with E-state index < -0.39 is 22.0 Å². The summed E-state index contributed by atoms with van der Waals surface area (Å²) in [6.07, 6.45) is 3.02. The lowest BCUT2D eigenvalue weighted by Gasteiger charge is -2.33. The first kappa shape index (κ1) is 24.7. The van der Waals surface area contributed by atoms with E-state index in [0.717, 1.165) is 18.4 Å². The van der Waals surface area contributed by atoms with E-state index in [1.165, 1.54) is 28.6 Å². The van der Waals surface area contributed by atoms with Crippen molar-refractivity contribution in [3.8, 4) is 0 Å². The molecule has 9 heteroatoms. The van der Waals surface area contributed by atoms with Crippen LogP contribution in [0.5, 0.6) is 0 Å². The summed E-state index contributed by atoms with van der Waals surface area (Å²) in [5.74, 6) is -0.383. The third-order valence-corrected chi connectivity index (χ3v) is 8.72. The van der Waals surface area contributed by atoms with E-state index in [1.54, 1.807) is 12.1 Å². The van der Waals surface area contributed by atoms with Crippen molar-refractivity contribution in [1.82, 2.24) is 9.21 Å². The van der Waals surface area contributed by atoms with Crippen molar-refractivity contribution >= 4 is 33.4 Å². The number of amides is 2. The van der Waals surface area contributed by atoms with Gasteiger partial charge in [0.1, 0.15) is 6.04 Å². The second-order valence-corrected chi connectivity index (χ2v) is 11.8. The number of benzene rings is 2. The molecule has 0 bridgehead atoms. The fraction of sp³-hybridized carbons (Fsp3) is 0.440. The van der Waals surface area contributed by atoms with Gasteiger partial charge in [-0.15, -0.1) is 0 Å². The van der Waals surface area contributed by atoms with Gasteiger partial charge in [0.05, 0.1) is 4.90 Å². The standard InChI is InChI=1S/C25H30ClN3O4S/c1-16(2)28-12-11-19-13-18(5-10-22(19)25(28)31)15-29(23(24(27)30)14-17-3-4-17)34(32,33)21-8-6-20(26)7-9-21/h5-10,13,16-17,23H,3-4,11-12,14-15H2,1-2H3,(H2,27,30)/t23-/m1/s1. The Morgan fingerprint density at radius 2 is 1.85 bits per heavy atom. The summed E-state index contributed by atoms with van der Waals surface area (Å²) in [7, 11) is -4.03. The quantitative estimate of drug-likeness (QED) is 0.565. The molecule has 2 aromatic carbocycles. The second kappa shape index (κ2) is 9.68. The minimum Gasteiger partial charge on any atom is -0.368 e. The predicted molar refractivity (Wildman–Crippen MR) is 131 cm³/mol. The lowest BCUT2D eigenvalue weighted by Crippen LogP contribution is -2.47. The van der Waals surface area contributed by atoms with E-state index in [2.05, 4.69) is 0 Å². The highest BCUT2D eigenvalue weighted by Crippen LogP contribution is 2.36. The van der Waals surface area contributed by atoms with Gasteiger partial charge < -0.3 is 10.6 Å². The molecule has 0 spiro atoms. The number of halogens is 1. The van der Waals surface area contributed by atoms with Gasteiger partial charge in [-0.2, -0.15) is 4.31 Å². The summed E-state index contributed by atoms with van der Waals surface area (Å²) in [4.78, 5) is 27.2. The van der Waals surface area contributed by atoms with Crippen LogP contribution in [0.1, 0.15) is 54.6 Å². The maximum atomic E-state index is 13.7. The van der Waals surface area contributed by atoms with Crippen LogP contribution in [-0.4, -0.2) is 48.1 Å². The van der Waals surface area contributed by atoms with Crippen LogP contribution in [0.4, 0.5) is 0 Å². The van der Waals surface area contributed by atoms with Gasteiger partial charge >= 0.3 is 0 Å². The first-order chi connectivity index (χ1) is 16.1. The minimum absolute atomic E-state index is 0.0132. The van der Waals surface area contributed by atoms with Gasteiger partial charge in [-0.1, -0.05) is 36.6 Å². The van der Waals surface area contributed by atoms with E-state index in [1.807, 2.05) is 24.8 Å². The molecule has 2 amide bonds. The normalized spacial score (nSPS) is 17.2. The Balaban J connectivity index is 1.69. The van der Waals surface area contributed by atoms with E-state index in [4.69, 9.17) is 17.3 Å². The van der Waals surface area contributed by atoms with Crippen LogP contribution in [0.3, 0.4) is 0 Å². The van der Waals surface area contributed by atoms with Crippen molar-refractivity contribution in [2.24, 2.45) is 11.7 Å². The maximum Gasteiger partial charge on any atom is 0.254 e. The van der Waals surface area contributed by atoms with Crippen molar-refractivity contribution in [2.75, 3.05) is 6.54 Å². The highest BCUT2D eigenvalue weighted by Gasteiger charge is 2.39. The summed E-state index contributed by atoms with van der Waals surface area (Å²) in [5, 5.41) is 0.421. The molecule has 2 aromatic rings. The molecule has 0 saturated heterocycles. The van der Waals surface area contributed by atoms with E-state index in [0.29, 0.717) is 41.5 Å². The average molecular weight is 504 g/mol. The molecule has 0 radical (unpaired) electrons. The molecule has 7 nitrogen and oxygen atoms in total. The Morgan fingerprint density at radius 1 is 1.18 bits per heavy atom. The van der Waals surface area contributed by atoms with Gasteiger partial charge in [-0.3, -0.25) is 9.59 Å². The van der Waals surface area contributed by atoms with Gasteiger partial charge in [0.25, 0.3) is 5.91 Å². The number of hydrogen-bond donors (Lipinski definition) is 1. The van der Waals surface area contributed by atoms with E-state index >= 15 is 0 Å². The first-order valence-electron chi connectivity index (χ1n) is 11.6. The predicted octanol–water partition coefficient (Wildman–Crippen LogP) is 3.59. The van der Waals surface area contributed by atoms with E-state index in [9.17, 15) is 18.0 Å². The number of nitrogens with zero attached hydrogens (tertiary/aromatic N) is 2.